The highest BCUT2D eigenvalue weighted by Crippen LogP contribution is 2.19. The lowest BCUT2D eigenvalue weighted by Gasteiger charge is -2.31. The van der Waals surface area contributed by atoms with Gasteiger partial charge in [0.1, 0.15) is 5.75 Å². The molecule has 1 heterocycles. The molecule has 1 saturated heterocycles. The molecule has 1 aliphatic heterocycles. The lowest BCUT2D eigenvalue weighted by molar-refractivity contribution is -0.131. The predicted molar refractivity (Wildman–Crippen MR) is 70.5 cm³/mol. The van der Waals surface area contributed by atoms with Crippen LogP contribution in [0.2, 0.25) is 0 Å². The van der Waals surface area contributed by atoms with E-state index in [1.54, 1.807) is 7.11 Å². The van der Waals surface area contributed by atoms with Gasteiger partial charge in [0.05, 0.1) is 13.5 Å². The first-order chi connectivity index (χ1) is 8.70. The van der Waals surface area contributed by atoms with Crippen LogP contribution in [-0.2, 0) is 11.2 Å². The number of piperidine rings is 1. The van der Waals surface area contributed by atoms with Gasteiger partial charge in [-0.3, -0.25) is 4.79 Å². The van der Waals surface area contributed by atoms with Gasteiger partial charge in [-0.2, -0.15) is 0 Å². The van der Waals surface area contributed by atoms with E-state index >= 15 is 0 Å². The van der Waals surface area contributed by atoms with Crippen molar-refractivity contribution in [3.8, 4) is 5.75 Å². The number of methoxy groups -OCH3 is 1. The first-order valence-electron chi connectivity index (χ1n) is 6.36. The van der Waals surface area contributed by atoms with E-state index in [1.165, 1.54) is 0 Å². The molecule has 0 spiro atoms. The zero-order chi connectivity index (χ0) is 13.0. The van der Waals surface area contributed by atoms with Crippen molar-refractivity contribution in [1.82, 2.24) is 4.90 Å². The number of amides is 1. The topological polar surface area (TPSA) is 55.6 Å². The van der Waals surface area contributed by atoms with Crippen LogP contribution < -0.4 is 10.5 Å². The second-order valence-corrected chi connectivity index (χ2v) is 4.73. The van der Waals surface area contributed by atoms with Crippen LogP contribution in [0.1, 0.15) is 18.4 Å². The summed E-state index contributed by atoms with van der Waals surface area (Å²) < 4.78 is 5.26. The molecule has 0 unspecified atom stereocenters. The van der Waals surface area contributed by atoms with E-state index in [-0.39, 0.29) is 11.9 Å². The molecule has 1 atom stereocenters. The summed E-state index contributed by atoms with van der Waals surface area (Å²) in [7, 11) is 1.63. The first-order valence-corrected chi connectivity index (χ1v) is 6.36. The van der Waals surface area contributed by atoms with E-state index in [9.17, 15) is 4.79 Å². The molecule has 0 aliphatic carbocycles. The van der Waals surface area contributed by atoms with Crippen molar-refractivity contribution in [3.05, 3.63) is 29.8 Å². The van der Waals surface area contributed by atoms with E-state index < -0.39 is 0 Å². The summed E-state index contributed by atoms with van der Waals surface area (Å²) in [5.41, 5.74) is 6.83. The van der Waals surface area contributed by atoms with Crippen molar-refractivity contribution in [2.45, 2.75) is 25.3 Å². The van der Waals surface area contributed by atoms with E-state index in [0.29, 0.717) is 13.0 Å². The van der Waals surface area contributed by atoms with Gasteiger partial charge in [-0.15, -0.1) is 0 Å². The lowest BCUT2D eigenvalue weighted by Crippen LogP contribution is -2.46. The number of carbonyl (C=O) groups is 1. The van der Waals surface area contributed by atoms with E-state index in [1.807, 2.05) is 29.2 Å². The van der Waals surface area contributed by atoms with Crippen LogP contribution in [0.5, 0.6) is 5.75 Å². The molecule has 0 bridgehead atoms. The van der Waals surface area contributed by atoms with Gasteiger partial charge in [0.15, 0.2) is 0 Å². The SMILES string of the molecule is COc1ccccc1CC(=O)N1CCC[C@@H](N)C1. The number of benzene rings is 1. The standard InChI is InChI=1S/C14H20N2O2/c1-18-13-7-3-2-5-11(13)9-14(17)16-8-4-6-12(15)10-16/h2-3,5,7,12H,4,6,8-10,15H2,1H3/t12-/m1/s1. The van der Waals surface area contributed by atoms with Crippen LogP contribution in [0.3, 0.4) is 0 Å². The first kappa shape index (κ1) is 12.9. The van der Waals surface area contributed by atoms with Crippen LogP contribution in [0.4, 0.5) is 0 Å². The second kappa shape index (κ2) is 5.87. The summed E-state index contributed by atoms with van der Waals surface area (Å²) in [5.74, 6) is 0.904. The molecule has 98 valence electrons. The zero-order valence-electron chi connectivity index (χ0n) is 10.8. The van der Waals surface area contributed by atoms with Gasteiger partial charge in [-0.25, -0.2) is 0 Å². The molecular weight excluding hydrogens is 228 g/mol. The molecule has 0 saturated carbocycles. The van der Waals surface area contributed by atoms with Crippen LogP contribution >= 0.6 is 0 Å². The average molecular weight is 248 g/mol. The van der Waals surface area contributed by atoms with Gasteiger partial charge < -0.3 is 15.4 Å². The normalized spacial score (nSPS) is 19.7. The van der Waals surface area contributed by atoms with Crippen molar-refractivity contribution in [1.29, 1.82) is 0 Å². The largest absolute Gasteiger partial charge is 0.496 e. The highest BCUT2D eigenvalue weighted by molar-refractivity contribution is 5.79. The number of ether oxygens (including phenoxy) is 1. The molecule has 1 aromatic rings. The van der Waals surface area contributed by atoms with E-state index in [4.69, 9.17) is 10.5 Å². The molecule has 1 amide bonds. The minimum Gasteiger partial charge on any atom is -0.496 e. The number of carbonyl (C=O) groups excluding carboxylic acids is 1. The molecule has 0 radical (unpaired) electrons. The second-order valence-electron chi connectivity index (χ2n) is 4.73. The van der Waals surface area contributed by atoms with Crippen LogP contribution in [0.15, 0.2) is 24.3 Å². The Balaban J connectivity index is 2.02. The fourth-order valence-corrected chi connectivity index (χ4v) is 2.36. The third kappa shape index (κ3) is 3.01. The third-order valence-corrected chi connectivity index (χ3v) is 3.34. The number of hydrogen-bond acceptors (Lipinski definition) is 3. The van der Waals surface area contributed by atoms with E-state index in [2.05, 4.69) is 0 Å². The van der Waals surface area contributed by atoms with Crippen molar-refractivity contribution < 1.29 is 9.53 Å². The number of rotatable bonds is 3. The number of hydrogen-bond donors (Lipinski definition) is 1. The van der Waals surface area contributed by atoms with Gasteiger partial charge in [0.25, 0.3) is 0 Å². The smallest absolute Gasteiger partial charge is 0.227 e. The Labute approximate surface area is 108 Å². The van der Waals surface area contributed by atoms with Gasteiger partial charge in [-0.1, -0.05) is 18.2 Å². The maximum Gasteiger partial charge on any atom is 0.227 e. The number of nitrogens with zero attached hydrogens (tertiary/aromatic N) is 1. The van der Waals surface area contributed by atoms with Crippen molar-refractivity contribution >= 4 is 5.91 Å². The summed E-state index contributed by atoms with van der Waals surface area (Å²) in [4.78, 5) is 14.1. The third-order valence-electron chi connectivity index (χ3n) is 3.34. The maximum absolute atomic E-state index is 12.2. The monoisotopic (exact) mass is 248 g/mol. The highest BCUT2D eigenvalue weighted by Gasteiger charge is 2.21. The zero-order valence-corrected chi connectivity index (χ0v) is 10.8. The molecule has 2 N–H and O–H groups in total. The van der Waals surface area contributed by atoms with Crippen molar-refractivity contribution in [2.24, 2.45) is 5.73 Å². The van der Waals surface area contributed by atoms with Crippen molar-refractivity contribution in [2.75, 3.05) is 20.2 Å². The van der Waals surface area contributed by atoms with Crippen molar-refractivity contribution in [3.63, 3.8) is 0 Å². The van der Waals surface area contributed by atoms with Gasteiger partial charge in [0.2, 0.25) is 5.91 Å². The van der Waals surface area contributed by atoms with Crippen LogP contribution in [0.25, 0.3) is 0 Å². The quantitative estimate of drug-likeness (QED) is 0.874. The number of nitrogens with two attached hydrogens (primary N) is 1. The molecule has 1 fully saturated rings. The molecule has 4 nitrogen and oxygen atoms in total. The molecule has 1 aromatic carbocycles. The fraction of sp³-hybridized carbons (Fsp3) is 0.500. The summed E-state index contributed by atoms with van der Waals surface area (Å²) in [6.45, 7) is 1.50. The summed E-state index contributed by atoms with van der Waals surface area (Å²) in [6, 6.07) is 7.77. The molecule has 18 heavy (non-hydrogen) atoms. The van der Waals surface area contributed by atoms with Crippen LogP contribution in [0, 0.1) is 0 Å². The minimum atomic E-state index is 0.125. The fourth-order valence-electron chi connectivity index (χ4n) is 2.36. The Morgan fingerprint density at radius 2 is 2.28 bits per heavy atom. The van der Waals surface area contributed by atoms with Gasteiger partial charge in [-0.05, 0) is 18.9 Å². The highest BCUT2D eigenvalue weighted by atomic mass is 16.5. The Bertz CT molecular complexity index is 420. The number of likely N-dealkylation sites (tertiary alicyclic amines) is 1. The molecule has 2 rings (SSSR count). The minimum absolute atomic E-state index is 0.125. The summed E-state index contributed by atoms with van der Waals surface area (Å²) in [5, 5.41) is 0. The van der Waals surface area contributed by atoms with Crippen LogP contribution in [-0.4, -0.2) is 37.0 Å². The Kier molecular flexibility index (Phi) is 4.20. The Hall–Kier alpha value is -1.55. The molecule has 0 aromatic heterocycles. The number of para-hydroxylation sites is 1. The predicted octanol–water partition coefficient (Wildman–Crippen LogP) is 1.19. The lowest BCUT2D eigenvalue weighted by atomic mass is 10.0. The average Bonchev–Trinajstić information content (AvgIpc) is 2.39. The Morgan fingerprint density at radius 1 is 1.50 bits per heavy atom. The maximum atomic E-state index is 12.2. The van der Waals surface area contributed by atoms with E-state index in [0.717, 1.165) is 30.7 Å². The van der Waals surface area contributed by atoms with Gasteiger partial charge >= 0.3 is 0 Å². The summed E-state index contributed by atoms with van der Waals surface area (Å²) in [6.07, 6.45) is 2.40. The summed E-state index contributed by atoms with van der Waals surface area (Å²) >= 11 is 0. The molecular formula is C14H20N2O2. The molecule has 1 aliphatic rings. The van der Waals surface area contributed by atoms with Gasteiger partial charge in [0, 0.05) is 24.7 Å². The Morgan fingerprint density at radius 3 is 3.00 bits per heavy atom. The molecule has 4 heteroatoms.